The van der Waals surface area contributed by atoms with Gasteiger partial charge in [-0.1, -0.05) is 12.1 Å². The highest BCUT2D eigenvalue weighted by atomic mass is 15.2. The molecule has 0 saturated heterocycles. The maximum absolute atomic E-state index is 4.54. The summed E-state index contributed by atoms with van der Waals surface area (Å²) in [7, 11) is 0. The summed E-state index contributed by atoms with van der Waals surface area (Å²) in [5, 5.41) is 9.64. The van der Waals surface area contributed by atoms with E-state index in [1.54, 1.807) is 6.20 Å². The quantitative estimate of drug-likeness (QED) is 0.459. The van der Waals surface area contributed by atoms with Crippen LogP contribution in [-0.4, -0.2) is 34.7 Å². The van der Waals surface area contributed by atoms with Gasteiger partial charge in [0, 0.05) is 40.4 Å². The fourth-order valence-corrected chi connectivity index (χ4v) is 3.83. The molecule has 7 nitrogen and oxygen atoms in total. The third kappa shape index (κ3) is 2.60. The fourth-order valence-electron chi connectivity index (χ4n) is 3.83. The fraction of sp³-hybridized carbons (Fsp3) is 0.0435. The Bertz CT molecular complexity index is 1510. The molecule has 0 unspecified atom stereocenters. The first-order chi connectivity index (χ1) is 14.8. The van der Waals surface area contributed by atoms with E-state index in [4.69, 9.17) is 0 Å². The molecule has 7 heteroatoms. The van der Waals surface area contributed by atoms with Crippen LogP contribution in [0.1, 0.15) is 5.69 Å². The van der Waals surface area contributed by atoms with Crippen molar-refractivity contribution in [3.63, 3.8) is 0 Å². The highest BCUT2D eigenvalue weighted by Gasteiger charge is 2.15. The SMILES string of the molecule is Cc1cn(-c2cccc3[nH]c(-c4n[nH]c5ncc(-c6ccccn6)cc45)cc23)cn1. The molecule has 2 N–H and O–H groups in total. The monoisotopic (exact) mass is 391 g/mol. The number of rotatable bonds is 3. The lowest BCUT2D eigenvalue weighted by molar-refractivity contribution is 1.07. The number of benzene rings is 1. The van der Waals surface area contributed by atoms with Crippen LogP contribution in [-0.2, 0) is 0 Å². The highest BCUT2D eigenvalue weighted by Crippen LogP contribution is 2.32. The number of fused-ring (bicyclic) bond motifs is 2. The van der Waals surface area contributed by atoms with Gasteiger partial charge in [0.05, 0.1) is 29.1 Å². The molecule has 1 aromatic carbocycles. The summed E-state index contributed by atoms with van der Waals surface area (Å²) in [6.07, 6.45) is 7.46. The number of hydrogen-bond acceptors (Lipinski definition) is 4. The molecule has 0 aliphatic rings. The molecule has 0 saturated carbocycles. The normalized spacial score (nSPS) is 11.5. The van der Waals surface area contributed by atoms with Crippen molar-refractivity contribution in [2.24, 2.45) is 0 Å². The molecule has 5 heterocycles. The third-order valence-electron chi connectivity index (χ3n) is 5.26. The Balaban J connectivity index is 1.52. The molecule has 144 valence electrons. The molecule has 0 spiro atoms. The molecule has 0 aliphatic carbocycles. The van der Waals surface area contributed by atoms with E-state index in [2.05, 4.69) is 54.4 Å². The van der Waals surface area contributed by atoms with Crippen molar-refractivity contribution in [3.05, 3.63) is 79.1 Å². The standard InChI is InChI=1S/C23H17N7/c1-14-12-30(13-26-14)21-7-4-6-19-16(21)10-20(27-19)22-17-9-15(11-25-23(17)29-28-22)18-5-2-3-8-24-18/h2-13,27H,1H3,(H,25,28,29). The number of H-pyrrole nitrogens is 2. The third-order valence-corrected chi connectivity index (χ3v) is 5.26. The summed E-state index contributed by atoms with van der Waals surface area (Å²) >= 11 is 0. The predicted molar refractivity (Wildman–Crippen MR) is 116 cm³/mol. The molecule has 0 atom stereocenters. The molecule has 0 amide bonds. The topological polar surface area (TPSA) is 88.1 Å². The van der Waals surface area contributed by atoms with Crippen LogP contribution in [0.15, 0.2) is 73.4 Å². The summed E-state index contributed by atoms with van der Waals surface area (Å²) in [5.41, 5.74) is 7.44. The van der Waals surface area contributed by atoms with E-state index in [9.17, 15) is 0 Å². The highest BCUT2D eigenvalue weighted by molar-refractivity contribution is 5.98. The number of hydrogen-bond donors (Lipinski definition) is 2. The molecule has 0 aliphatic heterocycles. The number of aryl methyl sites for hydroxylation is 1. The zero-order valence-electron chi connectivity index (χ0n) is 16.2. The summed E-state index contributed by atoms with van der Waals surface area (Å²) in [4.78, 5) is 16.8. The Labute approximate surface area is 171 Å². The van der Waals surface area contributed by atoms with E-state index in [0.29, 0.717) is 0 Å². The van der Waals surface area contributed by atoms with Crippen LogP contribution in [0.2, 0.25) is 0 Å². The smallest absolute Gasteiger partial charge is 0.155 e. The number of aromatic nitrogens is 7. The van der Waals surface area contributed by atoms with Crippen LogP contribution < -0.4 is 0 Å². The molecule has 0 radical (unpaired) electrons. The molecule has 0 bridgehead atoms. The van der Waals surface area contributed by atoms with Gasteiger partial charge < -0.3 is 9.55 Å². The summed E-state index contributed by atoms with van der Waals surface area (Å²) < 4.78 is 2.04. The van der Waals surface area contributed by atoms with Crippen LogP contribution in [0.5, 0.6) is 0 Å². The van der Waals surface area contributed by atoms with E-state index in [-0.39, 0.29) is 0 Å². The summed E-state index contributed by atoms with van der Waals surface area (Å²) in [5.74, 6) is 0. The summed E-state index contributed by atoms with van der Waals surface area (Å²) in [6.45, 7) is 1.99. The van der Waals surface area contributed by atoms with Crippen LogP contribution in [0.4, 0.5) is 0 Å². The van der Waals surface area contributed by atoms with Crippen molar-refractivity contribution in [3.8, 4) is 28.3 Å². The molecular formula is C23H17N7. The molecule has 0 fully saturated rings. The van der Waals surface area contributed by atoms with Crippen LogP contribution in [0, 0.1) is 6.92 Å². The van der Waals surface area contributed by atoms with Crippen LogP contribution >= 0.6 is 0 Å². The lowest BCUT2D eigenvalue weighted by Gasteiger charge is -2.03. The van der Waals surface area contributed by atoms with Gasteiger partial charge in [0.15, 0.2) is 5.65 Å². The van der Waals surface area contributed by atoms with Gasteiger partial charge in [-0.2, -0.15) is 5.10 Å². The lowest BCUT2D eigenvalue weighted by Crippen LogP contribution is -1.89. The average Bonchev–Trinajstić information content (AvgIpc) is 3.51. The number of aromatic amines is 2. The molecule has 30 heavy (non-hydrogen) atoms. The minimum Gasteiger partial charge on any atom is -0.353 e. The van der Waals surface area contributed by atoms with Gasteiger partial charge in [0.2, 0.25) is 0 Å². The number of imidazole rings is 1. The van der Waals surface area contributed by atoms with Gasteiger partial charge >= 0.3 is 0 Å². The van der Waals surface area contributed by atoms with E-state index >= 15 is 0 Å². The van der Waals surface area contributed by atoms with Crippen molar-refractivity contribution in [2.45, 2.75) is 6.92 Å². The van der Waals surface area contributed by atoms with Crippen molar-refractivity contribution in [1.82, 2.24) is 34.7 Å². The predicted octanol–water partition coefficient (Wildman–Crippen LogP) is 4.66. The first-order valence-electron chi connectivity index (χ1n) is 9.65. The molecular weight excluding hydrogens is 374 g/mol. The largest absolute Gasteiger partial charge is 0.353 e. The minimum atomic E-state index is 0.744. The van der Waals surface area contributed by atoms with Gasteiger partial charge in [-0.05, 0) is 43.3 Å². The lowest BCUT2D eigenvalue weighted by atomic mass is 10.1. The number of pyridine rings is 2. The van der Waals surface area contributed by atoms with E-state index in [1.165, 1.54) is 0 Å². The van der Waals surface area contributed by atoms with Gasteiger partial charge in [0.25, 0.3) is 0 Å². The van der Waals surface area contributed by atoms with E-state index < -0.39 is 0 Å². The second-order valence-corrected chi connectivity index (χ2v) is 7.25. The Morgan fingerprint density at radius 2 is 1.90 bits per heavy atom. The van der Waals surface area contributed by atoms with Gasteiger partial charge in [-0.25, -0.2) is 9.97 Å². The molecule has 6 aromatic rings. The minimum absolute atomic E-state index is 0.744. The molecule has 6 rings (SSSR count). The van der Waals surface area contributed by atoms with Gasteiger partial charge in [-0.3, -0.25) is 10.1 Å². The first kappa shape index (κ1) is 16.7. The second-order valence-electron chi connectivity index (χ2n) is 7.25. The van der Waals surface area contributed by atoms with E-state index in [1.807, 2.05) is 54.5 Å². The van der Waals surface area contributed by atoms with E-state index in [0.717, 1.165) is 56.0 Å². The summed E-state index contributed by atoms with van der Waals surface area (Å²) in [6, 6.07) is 16.3. The Kier molecular flexibility index (Phi) is 3.55. The number of nitrogens with zero attached hydrogens (tertiary/aromatic N) is 5. The molecule has 5 aromatic heterocycles. The number of nitrogens with one attached hydrogen (secondary N) is 2. The Hall–Kier alpha value is -4.26. The van der Waals surface area contributed by atoms with Crippen molar-refractivity contribution in [2.75, 3.05) is 0 Å². The van der Waals surface area contributed by atoms with Crippen molar-refractivity contribution in [1.29, 1.82) is 0 Å². The van der Waals surface area contributed by atoms with Crippen molar-refractivity contribution < 1.29 is 0 Å². The maximum Gasteiger partial charge on any atom is 0.155 e. The zero-order chi connectivity index (χ0) is 20.1. The van der Waals surface area contributed by atoms with Crippen molar-refractivity contribution >= 4 is 21.9 Å². The van der Waals surface area contributed by atoms with Crippen LogP contribution in [0.25, 0.3) is 50.3 Å². The second kappa shape index (κ2) is 6.38. The Morgan fingerprint density at radius 3 is 2.73 bits per heavy atom. The first-order valence-corrected chi connectivity index (χ1v) is 9.65. The zero-order valence-corrected chi connectivity index (χ0v) is 16.2. The maximum atomic E-state index is 4.54. The van der Waals surface area contributed by atoms with Gasteiger partial charge in [0.1, 0.15) is 5.69 Å². The van der Waals surface area contributed by atoms with Crippen LogP contribution in [0.3, 0.4) is 0 Å². The Morgan fingerprint density at radius 1 is 0.933 bits per heavy atom. The van der Waals surface area contributed by atoms with Gasteiger partial charge in [-0.15, -0.1) is 0 Å². The average molecular weight is 391 g/mol.